The van der Waals surface area contributed by atoms with E-state index in [0.717, 1.165) is 22.2 Å². The van der Waals surface area contributed by atoms with Crippen molar-refractivity contribution in [1.29, 1.82) is 0 Å². The highest BCUT2D eigenvalue weighted by molar-refractivity contribution is 7.08. The summed E-state index contributed by atoms with van der Waals surface area (Å²) in [5, 5.41) is 10.1. The fourth-order valence-corrected chi connectivity index (χ4v) is 3.96. The third-order valence-corrected chi connectivity index (χ3v) is 5.60. The third kappa shape index (κ3) is 2.59. The summed E-state index contributed by atoms with van der Waals surface area (Å²) in [5.74, 6) is 0. The van der Waals surface area contributed by atoms with E-state index in [0.29, 0.717) is 16.2 Å². The van der Waals surface area contributed by atoms with Gasteiger partial charge in [-0.05, 0) is 55.2 Å². The van der Waals surface area contributed by atoms with E-state index in [-0.39, 0.29) is 11.6 Å². The third-order valence-electron chi connectivity index (χ3n) is 4.72. The molecule has 0 spiro atoms. The van der Waals surface area contributed by atoms with Gasteiger partial charge in [0.15, 0.2) is 5.52 Å². The van der Waals surface area contributed by atoms with Gasteiger partial charge in [0.25, 0.3) is 5.56 Å². The van der Waals surface area contributed by atoms with Crippen LogP contribution in [0.3, 0.4) is 0 Å². The van der Waals surface area contributed by atoms with Gasteiger partial charge in [0.05, 0.1) is 17.3 Å². The molecule has 4 aromatic heterocycles. The van der Waals surface area contributed by atoms with Crippen LogP contribution in [0.4, 0.5) is 0 Å². The lowest BCUT2D eigenvalue weighted by Gasteiger charge is -2.13. The summed E-state index contributed by atoms with van der Waals surface area (Å²) >= 11 is 1.26. The standard InChI is InChI=1S/C19H15N7OS/c1-11-8-16(28-23-11)25-10-21-18-17(19(25)27)26(24-22-18)12(2)13-5-6-15-14(9-13)4-3-7-20-15/h3-10,12H,1-2H3/t12-/m0/s1. The highest BCUT2D eigenvalue weighted by atomic mass is 32.1. The molecule has 1 atom stereocenters. The van der Waals surface area contributed by atoms with Crippen molar-refractivity contribution in [2.24, 2.45) is 0 Å². The zero-order chi connectivity index (χ0) is 19.3. The molecular formula is C19H15N7OS. The monoisotopic (exact) mass is 389 g/mol. The lowest BCUT2D eigenvalue weighted by atomic mass is 10.1. The number of aryl methyl sites for hydroxylation is 1. The average molecular weight is 389 g/mol. The van der Waals surface area contributed by atoms with Crippen molar-refractivity contribution in [3.05, 3.63) is 70.5 Å². The highest BCUT2D eigenvalue weighted by Gasteiger charge is 2.19. The van der Waals surface area contributed by atoms with Crippen molar-refractivity contribution < 1.29 is 0 Å². The van der Waals surface area contributed by atoms with E-state index < -0.39 is 0 Å². The Morgan fingerprint density at radius 3 is 2.86 bits per heavy atom. The molecule has 0 N–H and O–H groups in total. The molecule has 0 fully saturated rings. The van der Waals surface area contributed by atoms with E-state index in [2.05, 4.69) is 30.7 Å². The summed E-state index contributed by atoms with van der Waals surface area (Å²) in [6.07, 6.45) is 3.24. The van der Waals surface area contributed by atoms with Crippen molar-refractivity contribution in [3.8, 4) is 5.00 Å². The molecule has 0 bridgehead atoms. The summed E-state index contributed by atoms with van der Waals surface area (Å²) < 4.78 is 7.37. The van der Waals surface area contributed by atoms with Crippen molar-refractivity contribution >= 4 is 33.6 Å². The van der Waals surface area contributed by atoms with E-state index in [1.807, 2.05) is 44.2 Å². The molecule has 0 aliphatic carbocycles. The van der Waals surface area contributed by atoms with Gasteiger partial charge in [-0.15, -0.1) is 5.10 Å². The Labute approximate surface area is 163 Å². The topological polar surface area (TPSA) is 91.4 Å². The van der Waals surface area contributed by atoms with Gasteiger partial charge in [-0.2, -0.15) is 4.37 Å². The molecule has 1 aromatic carbocycles. The number of pyridine rings is 1. The first-order chi connectivity index (χ1) is 13.6. The van der Waals surface area contributed by atoms with Crippen molar-refractivity contribution in [3.63, 3.8) is 0 Å². The molecule has 9 heteroatoms. The van der Waals surface area contributed by atoms with Crippen LogP contribution in [0, 0.1) is 6.92 Å². The zero-order valence-electron chi connectivity index (χ0n) is 15.1. The molecule has 0 saturated carbocycles. The first-order valence-corrected chi connectivity index (χ1v) is 9.50. The van der Waals surface area contributed by atoms with E-state index in [4.69, 9.17) is 0 Å². The Morgan fingerprint density at radius 2 is 2.04 bits per heavy atom. The van der Waals surface area contributed by atoms with Gasteiger partial charge < -0.3 is 0 Å². The van der Waals surface area contributed by atoms with E-state index in [1.165, 1.54) is 22.4 Å². The number of benzene rings is 1. The number of aromatic nitrogens is 7. The van der Waals surface area contributed by atoms with Crippen LogP contribution in [-0.2, 0) is 0 Å². The fourth-order valence-electron chi connectivity index (χ4n) is 3.23. The summed E-state index contributed by atoms with van der Waals surface area (Å²) in [5.41, 5.74) is 3.27. The molecule has 138 valence electrons. The number of rotatable bonds is 3. The van der Waals surface area contributed by atoms with Gasteiger partial charge in [-0.1, -0.05) is 17.3 Å². The van der Waals surface area contributed by atoms with Crippen LogP contribution < -0.4 is 5.56 Å². The number of hydrogen-bond donors (Lipinski definition) is 0. The van der Waals surface area contributed by atoms with Gasteiger partial charge in [0, 0.05) is 11.6 Å². The molecule has 4 heterocycles. The maximum absolute atomic E-state index is 13.2. The maximum atomic E-state index is 13.2. The van der Waals surface area contributed by atoms with Crippen molar-refractivity contribution in [2.45, 2.75) is 19.9 Å². The Hall–Kier alpha value is -3.46. The lowest BCUT2D eigenvalue weighted by Crippen LogP contribution is -2.22. The predicted molar refractivity (Wildman–Crippen MR) is 107 cm³/mol. The van der Waals surface area contributed by atoms with Crippen molar-refractivity contribution in [2.75, 3.05) is 0 Å². The minimum atomic E-state index is -0.215. The Morgan fingerprint density at radius 1 is 1.14 bits per heavy atom. The number of nitrogens with zero attached hydrogens (tertiary/aromatic N) is 7. The molecule has 28 heavy (non-hydrogen) atoms. The summed E-state index contributed by atoms with van der Waals surface area (Å²) in [7, 11) is 0. The predicted octanol–water partition coefficient (Wildman–Crippen LogP) is 2.90. The largest absolute Gasteiger partial charge is 0.286 e. The second kappa shape index (κ2) is 6.31. The maximum Gasteiger partial charge on any atom is 0.286 e. The molecule has 0 amide bonds. The minimum Gasteiger partial charge on any atom is -0.266 e. The average Bonchev–Trinajstić information content (AvgIpc) is 3.34. The van der Waals surface area contributed by atoms with Crippen LogP contribution in [0.25, 0.3) is 27.1 Å². The number of fused-ring (bicyclic) bond motifs is 2. The molecule has 0 saturated heterocycles. The van der Waals surface area contributed by atoms with E-state index in [9.17, 15) is 4.79 Å². The molecule has 0 aliphatic heterocycles. The fraction of sp³-hybridized carbons (Fsp3) is 0.158. The van der Waals surface area contributed by atoms with Crippen LogP contribution in [0.15, 0.2) is 53.7 Å². The van der Waals surface area contributed by atoms with Crippen LogP contribution in [-0.4, -0.2) is 33.9 Å². The Balaban J connectivity index is 1.66. The van der Waals surface area contributed by atoms with Crippen LogP contribution >= 0.6 is 11.5 Å². The van der Waals surface area contributed by atoms with Crippen LogP contribution in [0.1, 0.15) is 24.2 Å². The highest BCUT2D eigenvalue weighted by Crippen LogP contribution is 2.23. The lowest BCUT2D eigenvalue weighted by molar-refractivity contribution is 0.558. The molecule has 8 nitrogen and oxygen atoms in total. The smallest absolute Gasteiger partial charge is 0.266 e. The molecule has 5 rings (SSSR count). The van der Waals surface area contributed by atoms with Gasteiger partial charge in [-0.3, -0.25) is 14.3 Å². The van der Waals surface area contributed by atoms with E-state index in [1.54, 1.807) is 10.9 Å². The van der Waals surface area contributed by atoms with Crippen LogP contribution in [0.2, 0.25) is 0 Å². The van der Waals surface area contributed by atoms with Gasteiger partial charge in [0.2, 0.25) is 5.65 Å². The molecule has 0 unspecified atom stereocenters. The van der Waals surface area contributed by atoms with Crippen LogP contribution in [0.5, 0.6) is 0 Å². The molecule has 0 radical (unpaired) electrons. The summed E-state index contributed by atoms with van der Waals surface area (Å²) in [6.45, 7) is 3.87. The zero-order valence-corrected chi connectivity index (χ0v) is 16.0. The normalized spacial score (nSPS) is 12.6. The molecule has 5 aromatic rings. The van der Waals surface area contributed by atoms with E-state index >= 15 is 0 Å². The first kappa shape index (κ1) is 16.7. The second-order valence-electron chi connectivity index (χ2n) is 6.56. The molecule has 0 aliphatic rings. The Bertz CT molecular complexity index is 1380. The second-order valence-corrected chi connectivity index (χ2v) is 7.35. The number of hydrogen-bond acceptors (Lipinski definition) is 7. The van der Waals surface area contributed by atoms with Gasteiger partial charge >= 0.3 is 0 Å². The SMILES string of the molecule is Cc1cc(-n2cnc3nnn([C@@H](C)c4ccc5ncccc5c4)c3c2=O)sn1. The van der Waals surface area contributed by atoms with Gasteiger partial charge in [-0.25, -0.2) is 9.67 Å². The minimum absolute atomic E-state index is 0.192. The summed E-state index contributed by atoms with van der Waals surface area (Å²) in [4.78, 5) is 21.8. The summed E-state index contributed by atoms with van der Waals surface area (Å²) in [6, 6.07) is 11.6. The first-order valence-electron chi connectivity index (χ1n) is 8.73. The Kier molecular flexibility index (Phi) is 3.76. The van der Waals surface area contributed by atoms with Gasteiger partial charge in [0.1, 0.15) is 11.3 Å². The quantitative estimate of drug-likeness (QED) is 0.471. The molecular weight excluding hydrogens is 374 g/mol. The van der Waals surface area contributed by atoms with Crippen molar-refractivity contribution in [1.82, 2.24) is 33.9 Å².